The van der Waals surface area contributed by atoms with Crippen LogP contribution in [0.4, 0.5) is 11.4 Å². The molecule has 0 unspecified atom stereocenters. The van der Waals surface area contributed by atoms with Gasteiger partial charge in [0.2, 0.25) is 5.91 Å². The van der Waals surface area contributed by atoms with Gasteiger partial charge in [-0.1, -0.05) is 53.2 Å². The maximum Gasteiger partial charge on any atom is 0.256 e. The summed E-state index contributed by atoms with van der Waals surface area (Å²) in [7, 11) is 0. The van der Waals surface area contributed by atoms with E-state index in [1.165, 1.54) is 0 Å². The number of anilines is 2. The van der Waals surface area contributed by atoms with E-state index in [0.29, 0.717) is 23.4 Å². The number of carbonyl (C=O) groups is 2. The largest absolute Gasteiger partial charge is 0.326 e. The van der Waals surface area contributed by atoms with Gasteiger partial charge >= 0.3 is 0 Å². The SMILES string of the molecule is CCCC(=O)Nc1cccc(NC(=O)c2cccc3c(Br)cccc23)c1. The molecule has 0 radical (unpaired) electrons. The number of hydrogen-bond donors (Lipinski definition) is 2. The molecule has 4 nitrogen and oxygen atoms in total. The third kappa shape index (κ3) is 4.11. The molecular formula is C21H19BrN2O2. The number of halogens is 1. The Morgan fingerprint density at radius 2 is 1.54 bits per heavy atom. The molecule has 5 heteroatoms. The van der Waals surface area contributed by atoms with E-state index in [2.05, 4.69) is 26.6 Å². The van der Waals surface area contributed by atoms with E-state index in [1.54, 1.807) is 30.3 Å². The smallest absolute Gasteiger partial charge is 0.256 e. The average molecular weight is 411 g/mol. The van der Waals surface area contributed by atoms with Gasteiger partial charge in [-0.15, -0.1) is 0 Å². The van der Waals surface area contributed by atoms with E-state index in [9.17, 15) is 9.59 Å². The van der Waals surface area contributed by atoms with Crippen molar-refractivity contribution in [3.63, 3.8) is 0 Å². The van der Waals surface area contributed by atoms with Crippen molar-refractivity contribution in [2.24, 2.45) is 0 Å². The highest BCUT2D eigenvalue weighted by Gasteiger charge is 2.12. The Morgan fingerprint density at radius 3 is 2.31 bits per heavy atom. The van der Waals surface area contributed by atoms with E-state index < -0.39 is 0 Å². The molecular weight excluding hydrogens is 392 g/mol. The van der Waals surface area contributed by atoms with Gasteiger partial charge < -0.3 is 10.6 Å². The highest BCUT2D eigenvalue weighted by atomic mass is 79.9. The van der Waals surface area contributed by atoms with Crippen LogP contribution in [0.5, 0.6) is 0 Å². The Labute approximate surface area is 160 Å². The molecule has 132 valence electrons. The van der Waals surface area contributed by atoms with E-state index >= 15 is 0 Å². The van der Waals surface area contributed by atoms with Gasteiger partial charge in [-0.25, -0.2) is 0 Å². The monoisotopic (exact) mass is 410 g/mol. The molecule has 2 N–H and O–H groups in total. The van der Waals surface area contributed by atoms with Gasteiger partial charge in [-0.05, 0) is 47.5 Å². The zero-order valence-electron chi connectivity index (χ0n) is 14.4. The van der Waals surface area contributed by atoms with Crippen molar-refractivity contribution in [3.8, 4) is 0 Å². The molecule has 0 heterocycles. The number of rotatable bonds is 5. The Morgan fingerprint density at radius 1 is 0.885 bits per heavy atom. The summed E-state index contributed by atoms with van der Waals surface area (Å²) in [6, 6.07) is 18.6. The molecule has 0 aliphatic carbocycles. The average Bonchev–Trinajstić information content (AvgIpc) is 2.62. The molecule has 0 spiro atoms. The second kappa shape index (κ2) is 8.15. The van der Waals surface area contributed by atoms with Crippen LogP contribution in [-0.2, 0) is 4.79 Å². The van der Waals surface area contributed by atoms with Crippen molar-refractivity contribution in [1.82, 2.24) is 0 Å². The maximum atomic E-state index is 12.8. The lowest BCUT2D eigenvalue weighted by molar-refractivity contribution is -0.116. The number of hydrogen-bond acceptors (Lipinski definition) is 2. The minimum atomic E-state index is -0.189. The van der Waals surface area contributed by atoms with Crippen LogP contribution in [0.3, 0.4) is 0 Å². The topological polar surface area (TPSA) is 58.2 Å². The normalized spacial score (nSPS) is 10.5. The lowest BCUT2D eigenvalue weighted by Gasteiger charge is -2.11. The zero-order chi connectivity index (χ0) is 18.5. The molecule has 3 aromatic rings. The van der Waals surface area contributed by atoms with Gasteiger partial charge in [0.25, 0.3) is 5.91 Å². The summed E-state index contributed by atoms with van der Waals surface area (Å²) in [6.07, 6.45) is 1.26. The van der Waals surface area contributed by atoms with Crippen LogP contribution < -0.4 is 10.6 Å². The first-order chi connectivity index (χ1) is 12.6. The Balaban J connectivity index is 1.83. The molecule has 0 fully saturated rings. The van der Waals surface area contributed by atoms with Crippen molar-refractivity contribution in [3.05, 3.63) is 70.7 Å². The van der Waals surface area contributed by atoms with Crippen molar-refractivity contribution in [2.75, 3.05) is 10.6 Å². The lowest BCUT2D eigenvalue weighted by Crippen LogP contribution is -2.14. The first-order valence-electron chi connectivity index (χ1n) is 8.47. The van der Waals surface area contributed by atoms with Crippen LogP contribution in [0.2, 0.25) is 0 Å². The van der Waals surface area contributed by atoms with Gasteiger partial charge in [-0.3, -0.25) is 9.59 Å². The van der Waals surface area contributed by atoms with Crippen LogP contribution >= 0.6 is 15.9 Å². The summed E-state index contributed by atoms with van der Waals surface area (Å²) >= 11 is 3.52. The summed E-state index contributed by atoms with van der Waals surface area (Å²) in [5.74, 6) is -0.222. The van der Waals surface area contributed by atoms with Crippen LogP contribution in [-0.4, -0.2) is 11.8 Å². The predicted octanol–water partition coefficient (Wildman–Crippen LogP) is 5.59. The van der Waals surface area contributed by atoms with Crippen LogP contribution in [0.15, 0.2) is 65.1 Å². The number of carbonyl (C=O) groups excluding carboxylic acids is 2. The summed E-state index contributed by atoms with van der Waals surface area (Å²) < 4.78 is 0.949. The molecule has 0 aromatic heterocycles. The van der Waals surface area contributed by atoms with Crippen molar-refractivity contribution < 1.29 is 9.59 Å². The number of nitrogens with one attached hydrogen (secondary N) is 2. The van der Waals surface area contributed by atoms with Gasteiger partial charge in [0, 0.05) is 27.8 Å². The minimum absolute atomic E-state index is 0.0325. The molecule has 0 atom stereocenters. The molecule has 2 amide bonds. The Kier molecular flexibility index (Phi) is 5.68. The second-order valence-electron chi connectivity index (χ2n) is 5.97. The minimum Gasteiger partial charge on any atom is -0.326 e. The van der Waals surface area contributed by atoms with Crippen LogP contribution in [0.1, 0.15) is 30.1 Å². The third-order valence-electron chi connectivity index (χ3n) is 3.99. The van der Waals surface area contributed by atoms with Crippen molar-refractivity contribution >= 4 is 49.9 Å². The fourth-order valence-corrected chi connectivity index (χ4v) is 3.29. The standard InChI is InChI=1S/C21H19BrN2O2/c1-2-6-20(25)23-14-7-3-8-15(13-14)24-21(26)18-11-4-10-17-16(18)9-5-12-19(17)22/h3-5,7-13H,2,6H2,1H3,(H,23,25)(H,24,26). The number of fused-ring (bicyclic) bond motifs is 1. The fourth-order valence-electron chi connectivity index (χ4n) is 2.79. The van der Waals surface area contributed by atoms with Crippen molar-refractivity contribution in [2.45, 2.75) is 19.8 Å². The van der Waals surface area contributed by atoms with Crippen LogP contribution in [0.25, 0.3) is 10.8 Å². The second-order valence-corrected chi connectivity index (χ2v) is 6.83. The van der Waals surface area contributed by atoms with Gasteiger partial charge in [0.05, 0.1) is 0 Å². The highest BCUT2D eigenvalue weighted by Crippen LogP contribution is 2.27. The summed E-state index contributed by atoms with van der Waals surface area (Å²) in [6.45, 7) is 1.96. The quantitative estimate of drug-likeness (QED) is 0.575. The molecule has 0 saturated carbocycles. The van der Waals surface area contributed by atoms with E-state index in [0.717, 1.165) is 21.7 Å². The fraction of sp³-hybridized carbons (Fsp3) is 0.143. The third-order valence-corrected chi connectivity index (χ3v) is 4.69. The number of amides is 2. The molecule has 3 rings (SSSR count). The van der Waals surface area contributed by atoms with Crippen LogP contribution in [0, 0.1) is 0 Å². The van der Waals surface area contributed by atoms with E-state index in [1.807, 2.05) is 37.3 Å². The maximum absolute atomic E-state index is 12.8. The van der Waals surface area contributed by atoms with E-state index in [4.69, 9.17) is 0 Å². The Hall–Kier alpha value is -2.66. The zero-order valence-corrected chi connectivity index (χ0v) is 16.0. The van der Waals surface area contributed by atoms with E-state index in [-0.39, 0.29) is 11.8 Å². The molecule has 0 bridgehead atoms. The molecule has 3 aromatic carbocycles. The molecule has 26 heavy (non-hydrogen) atoms. The molecule has 0 aliphatic rings. The lowest BCUT2D eigenvalue weighted by atomic mass is 10.0. The predicted molar refractivity (Wildman–Crippen MR) is 110 cm³/mol. The number of benzene rings is 3. The Bertz CT molecular complexity index is 969. The first-order valence-corrected chi connectivity index (χ1v) is 9.26. The van der Waals surface area contributed by atoms with Gasteiger partial charge in [0.1, 0.15) is 0 Å². The highest BCUT2D eigenvalue weighted by molar-refractivity contribution is 9.10. The van der Waals surface area contributed by atoms with Gasteiger partial charge in [-0.2, -0.15) is 0 Å². The summed E-state index contributed by atoms with van der Waals surface area (Å²) in [5.41, 5.74) is 1.91. The summed E-state index contributed by atoms with van der Waals surface area (Å²) in [4.78, 5) is 24.5. The first kappa shape index (κ1) is 18.1. The molecule has 0 aliphatic heterocycles. The van der Waals surface area contributed by atoms with Crippen molar-refractivity contribution in [1.29, 1.82) is 0 Å². The summed E-state index contributed by atoms with van der Waals surface area (Å²) in [5, 5.41) is 7.61. The molecule has 0 saturated heterocycles. The van der Waals surface area contributed by atoms with Gasteiger partial charge in [0.15, 0.2) is 0 Å².